The van der Waals surface area contributed by atoms with Gasteiger partial charge in [-0.05, 0) is 54.7 Å². The van der Waals surface area contributed by atoms with Gasteiger partial charge in [0, 0.05) is 12.3 Å². The van der Waals surface area contributed by atoms with Crippen molar-refractivity contribution < 1.29 is 9.50 Å². The third-order valence-corrected chi connectivity index (χ3v) is 3.57. The summed E-state index contributed by atoms with van der Waals surface area (Å²) in [5.74, 6) is -0.209. The molecule has 0 aliphatic rings. The first-order valence-electron chi connectivity index (χ1n) is 7.44. The molecule has 0 fully saturated rings. The molecule has 2 nitrogen and oxygen atoms in total. The summed E-state index contributed by atoms with van der Waals surface area (Å²) in [6.45, 7) is 2.32. The van der Waals surface area contributed by atoms with Gasteiger partial charge in [-0.3, -0.25) is 0 Å². The maximum atomic E-state index is 13.0. The zero-order valence-corrected chi connectivity index (χ0v) is 12.3. The van der Waals surface area contributed by atoms with Crippen molar-refractivity contribution in [2.75, 3.05) is 11.9 Å². The highest BCUT2D eigenvalue weighted by atomic mass is 19.1. The van der Waals surface area contributed by atoms with Crippen LogP contribution in [-0.4, -0.2) is 11.7 Å². The van der Waals surface area contributed by atoms with Crippen molar-refractivity contribution in [1.29, 1.82) is 0 Å². The van der Waals surface area contributed by atoms with Crippen LogP contribution in [0.4, 0.5) is 10.1 Å². The van der Waals surface area contributed by atoms with E-state index in [0.717, 1.165) is 30.5 Å². The minimum absolute atomic E-state index is 0.165. The zero-order chi connectivity index (χ0) is 15.1. The number of aliphatic hydroxyl groups excluding tert-OH is 1. The molecule has 0 heterocycles. The fraction of sp³-hybridized carbons (Fsp3) is 0.333. The number of hydrogen-bond donors (Lipinski definition) is 2. The van der Waals surface area contributed by atoms with Crippen molar-refractivity contribution in [3.8, 4) is 0 Å². The number of nitrogens with one attached hydrogen (secondary N) is 1. The van der Waals surface area contributed by atoms with E-state index in [0.29, 0.717) is 0 Å². The molecule has 2 aromatic rings. The van der Waals surface area contributed by atoms with E-state index in [1.807, 2.05) is 24.3 Å². The molecule has 1 unspecified atom stereocenters. The van der Waals surface area contributed by atoms with Gasteiger partial charge in [0.2, 0.25) is 0 Å². The molecular weight excluding hydrogens is 265 g/mol. The largest absolute Gasteiger partial charge is 0.396 e. The molecule has 21 heavy (non-hydrogen) atoms. The summed E-state index contributed by atoms with van der Waals surface area (Å²) in [6, 6.07) is 15.0. The van der Waals surface area contributed by atoms with E-state index >= 15 is 0 Å². The van der Waals surface area contributed by atoms with Crippen molar-refractivity contribution in [3.05, 3.63) is 65.5 Å². The van der Waals surface area contributed by atoms with Crippen LogP contribution in [0.3, 0.4) is 0 Å². The predicted molar refractivity (Wildman–Crippen MR) is 84.9 cm³/mol. The van der Waals surface area contributed by atoms with Gasteiger partial charge in [-0.1, -0.05) is 31.2 Å². The summed E-state index contributed by atoms with van der Waals surface area (Å²) in [7, 11) is 0. The van der Waals surface area contributed by atoms with Gasteiger partial charge in [0.1, 0.15) is 5.82 Å². The molecule has 0 aromatic heterocycles. The maximum Gasteiger partial charge on any atom is 0.123 e. The lowest BCUT2D eigenvalue weighted by Crippen LogP contribution is -2.09. The molecule has 2 rings (SSSR count). The Morgan fingerprint density at radius 2 is 1.90 bits per heavy atom. The number of benzene rings is 2. The molecule has 3 heteroatoms. The van der Waals surface area contributed by atoms with Gasteiger partial charge in [-0.15, -0.1) is 0 Å². The Balaban J connectivity index is 2.09. The number of rotatable bonds is 7. The number of anilines is 1. The second kappa shape index (κ2) is 7.79. The normalized spacial score (nSPS) is 12.1. The van der Waals surface area contributed by atoms with Gasteiger partial charge in [0.15, 0.2) is 0 Å². The summed E-state index contributed by atoms with van der Waals surface area (Å²) in [6.07, 6.45) is 2.57. The molecule has 2 N–H and O–H groups in total. The molecule has 0 bridgehead atoms. The SMILES string of the molecule is CCC(Nc1cccc(CCCO)c1)c1ccc(F)cc1. The third-order valence-electron chi connectivity index (χ3n) is 3.57. The standard InChI is InChI=1S/C18H22FNO/c1-2-18(15-8-10-16(19)11-9-15)20-17-7-3-5-14(13-17)6-4-12-21/h3,5,7-11,13,18,20-21H,2,4,6,12H2,1H3. The molecule has 0 saturated carbocycles. The number of hydrogen-bond acceptors (Lipinski definition) is 2. The molecular formula is C18H22FNO. The van der Waals surface area contributed by atoms with Crippen LogP contribution < -0.4 is 5.32 Å². The zero-order valence-electron chi connectivity index (χ0n) is 12.3. The van der Waals surface area contributed by atoms with Crippen molar-refractivity contribution in [1.82, 2.24) is 0 Å². The van der Waals surface area contributed by atoms with Crippen LogP contribution in [0.2, 0.25) is 0 Å². The van der Waals surface area contributed by atoms with Crippen LogP contribution >= 0.6 is 0 Å². The lowest BCUT2D eigenvalue weighted by molar-refractivity contribution is 0.288. The fourth-order valence-corrected chi connectivity index (χ4v) is 2.42. The molecule has 0 amide bonds. The Morgan fingerprint density at radius 3 is 2.57 bits per heavy atom. The smallest absolute Gasteiger partial charge is 0.123 e. The first-order valence-corrected chi connectivity index (χ1v) is 7.44. The molecule has 2 aromatic carbocycles. The van der Waals surface area contributed by atoms with Gasteiger partial charge >= 0.3 is 0 Å². The van der Waals surface area contributed by atoms with Crippen LogP contribution in [0.15, 0.2) is 48.5 Å². The van der Waals surface area contributed by atoms with Crippen LogP contribution in [0.25, 0.3) is 0 Å². The molecule has 112 valence electrons. The fourth-order valence-electron chi connectivity index (χ4n) is 2.42. The number of halogens is 1. The van der Waals surface area contributed by atoms with Crippen molar-refractivity contribution in [2.24, 2.45) is 0 Å². The van der Waals surface area contributed by atoms with E-state index in [4.69, 9.17) is 5.11 Å². The third kappa shape index (κ3) is 4.57. The Bertz CT molecular complexity index is 553. The van der Waals surface area contributed by atoms with Gasteiger partial charge in [-0.2, -0.15) is 0 Å². The summed E-state index contributed by atoms with van der Waals surface area (Å²) >= 11 is 0. The number of aryl methyl sites for hydroxylation is 1. The van der Waals surface area contributed by atoms with E-state index in [-0.39, 0.29) is 18.5 Å². The highest BCUT2D eigenvalue weighted by molar-refractivity contribution is 5.48. The Hall–Kier alpha value is -1.87. The van der Waals surface area contributed by atoms with E-state index in [1.54, 1.807) is 0 Å². The summed E-state index contributed by atoms with van der Waals surface area (Å²) < 4.78 is 13.0. The first-order chi connectivity index (χ1) is 10.2. The number of aliphatic hydroxyl groups is 1. The van der Waals surface area contributed by atoms with Crippen molar-refractivity contribution in [3.63, 3.8) is 0 Å². The molecule has 0 radical (unpaired) electrons. The first kappa shape index (κ1) is 15.5. The highest BCUT2D eigenvalue weighted by Crippen LogP contribution is 2.23. The van der Waals surface area contributed by atoms with E-state index < -0.39 is 0 Å². The van der Waals surface area contributed by atoms with Crippen LogP contribution in [0.1, 0.15) is 36.9 Å². The lowest BCUT2D eigenvalue weighted by Gasteiger charge is -2.19. The molecule has 0 spiro atoms. The molecule has 1 atom stereocenters. The molecule has 0 saturated heterocycles. The molecule has 0 aliphatic heterocycles. The Morgan fingerprint density at radius 1 is 1.14 bits per heavy atom. The van der Waals surface area contributed by atoms with Gasteiger partial charge < -0.3 is 10.4 Å². The Labute approximate surface area is 125 Å². The predicted octanol–water partition coefficient (Wildman–Crippen LogP) is 4.31. The van der Waals surface area contributed by atoms with Gasteiger partial charge in [0.05, 0.1) is 6.04 Å². The minimum Gasteiger partial charge on any atom is -0.396 e. The van der Waals surface area contributed by atoms with E-state index in [9.17, 15) is 4.39 Å². The summed E-state index contributed by atoms with van der Waals surface area (Å²) in [5, 5.41) is 12.4. The lowest BCUT2D eigenvalue weighted by atomic mass is 10.0. The quantitative estimate of drug-likeness (QED) is 0.795. The summed E-state index contributed by atoms with van der Waals surface area (Å²) in [5.41, 5.74) is 3.35. The minimum atomic E-state index is -0.209. The van der Waals surface area contributed by atoms with Gasteiger partial charge in [0.25, 0.3) is 0 Å². The summed E-state index contributed by atoms with van der Waals surface area (Å²) in [4.78, 5) is 0. The van der Waals surface area contributed by atoms with Crippen molar-refractivity contribution in [2.45, 2.75) is 32.2 Å². The second-order valence-electron chi connectivity index (χ2n) is 5.18. The Kier molecular flexibility index (Phi) is 5.76. The highest BCUT2D eigenvalue weighted by Gasteiger charge is 2.09. The average Bonchev–Trinajstić information content (AvgIpc) is 2.52. The average molecular weight is 287 g/mol. The van der Waals surface area contributed by atoms with Crippen LogP contribution in [0, 0.1) is 5.82 Å². The van der Waals surface area contributed by atoms with Crippen LogP contribution in [-0.2, 0) is 6.42 Å². The molecule has 0 aliphatic carbocycles. The monoisotopic (exact) mass is 287 g/mol. The van der Waals surface area contributed by atoms with Crippen molar-refractivity contribution >= 4 is 5.69 Å². The second-order valence-corrected chi connectivity index (χ2v) is 5.18. The van der Waals surface area contributed by atoms with E-state index in [1.165, 1.54) is 17.7 Å². The maximum absolute atomic E-state index is 13.0. The van der Waals surface area contributed by atoms with E-state index in [2.05, 4.69) is 24.4 Å². The van der Waals surface area contributed by atoms with Gasteiger partial charge in [-0.25, -0.2) is 4.39 Å². The topological polar surface area (TPSA) is 32.3 Å². The van der Waals surface area contributed by atoms with Crippen LogP contribution in [0.5, 0.6) is 0 Å².